The van der Waals surface area contributed by atoms with Gasteiger partial charge < -0.3 is 5.32 Å². The Labute approximate surface area is 111 Å². The number of fused-ring (bicyclic) bond motifs is 1. The molecule has 0 fully saturated rings. The van der Waals surface area contributed by atoms with Gasteiger partial charge >= 0.3 is 0 Å². The van der Waals surface area contributed by atoms with Gasteiger partial charge in [-0.1, -0.05) is 32.1 Å². The fraction of sp³-hybridized carbons (Fsp3) is 0.438. The largest absolute Gasteiger partial charge is 0.383 e. The van der Waals surface area contributed by atoms with Gasteiger partial charge in [0, 0.05) is 19.5 Å². The molecule has 1 N–H and O–H groups in total. The number of nitrogens with zero attached hydrogens (tertiary/aromatic N) is 1. The Kier molecular flexibility index (Phi) is 5.63. The predicted octanol–water partition coefficient (Wildman–Crippen LogP) is 3.79. The van der Waals surface area contributed by atoms with Crippen LogP contribution in [0.3, 0.4) is 0 Å². The Morgan fingerprint density at radius 2 is 2.11 bits per heavy atom. The van der Waals surface area contributed by atoms with Crippen molar-refractivity contribution < 1.29 is 0 Å². The smallest absolute Gasteiger partial charge is 0.0549 e. The van der Waals surface area contributed by atoms with Crippen molar-refractivity contribution in [3.05, 3.63) is 46.7 Å². The summed E-state index contributed by atoms with van der Waals surface area (Å²) in [4.78, 5) is 4.07. The molecule has 2 aliphatic rings. The Balaban J connectivity index is 0.000000771. The molecule has 0 bridgehead atoms. The van der Waals surface area contributed by atoms with Crippen LogP contribution in [0.5, 0.6) is 0 Å². The molecule has 0 aromatic rings. The van der Waals surface area contributed by atoms with E-state index in [1.807, 2.05) is 27.1 Å². The van der Waals surface area contributed by atoms with E-state index in [1.54, 1.807) is 0 Å². The van der Waals surface area contributed by atoms with Crippen LogP contribution in [0.25, 0.3) is 0 Å². The molecule has 1 unspecified atom stereocenters. The lowest BCUT2D eigenvalue weighted by Gasteiger charge is -2.16. The SMILES string of the molecule is CC.CN=C/C(C)=C(\C)C1=CNC2CC=CC=C12. The highest BCUT2D eigenvalue weighted by Crippen LogP contribution is 2.31. The van der Waals surface area contributed by atoms with Crippen LogP contribution in [0.1, 0.15) is 34.1 Å². The van der Waals surface area contributed by atoms with Crippen LogP contribution in [0, 0.1) is 0 Å². The lowest BCUT2D eigenvalue weighted by Crippen LogP contribution is -2.21. The number of hydrogen-bond donors (Lipinski definition) is 1. The fourth-order valence-corrected chi connectivity index (χ4v) is 2.16. The van der Waals surface area contributed by atoms with Gasteiger partial charge in [0.15, 0.2) is 0 Å². The molecule has 0 amide bonds. The highest BCUT2D eigenvalue weighted by Gasteiger charge is 2.24. The van der Waals surface area contributed by atoms with E-state index < -0.39 is 0 Å². The Morgan fingerprint density at radius 1 is 1.39 bits per heavy atom. The summed E-state index contributed by atoms with van der Waals surface area (Å²) in [6.07, 6.45) is 11.7. The molecule has 2 rings (SSSR count). The summed E-state index contributed by atoms with van der Waals surface area (Å²) in [5.74, 6) is 0. The summed E-state index contributed by atoms with van der Waals surface area (Å²) in [6, 6.07) is 0.473. The van der Waals surface area contributed by atoms with Gasteiger partial charge in [0.05, 0.1) is 6.04 Å². The highest BCUT2D eigenvalue weighted by molar-refractivity contribution is 5.81. The minimum Gasteiger partial charge on any atom is -0.383 e. The molecule has 1 aliphatic carbocycles. The lowest BCUT2D eigenvalue weighted by molar-refractivity contribution is 0.707. The maximum atomic E-state index is 4.07. The van der Waals surface area contributed by atoms with E-state index in [9.17, 15) is 0 Å². The zero-order chi connectivity index (χ0) is 13.5. The third-order valence-corrected chi connectivity index (χ3v) is 3.22. The van der Waals surface area contributed by atoms with Crippen LogP contribution in [0.15, 0.2) is 51.7 Å². The molecule has 98 valence electrons. The maximum Gasteiger partial charge on any atom is 0.0549 e. The van der Waals surface area contributed by atoms with Crippen molar-refractivity contribution >= 4 is 6.21 Å². The average Bonchev–Trinajstić information content (AvgIpc) is 2.84. The van der Waals surface area contributed by atoms with Gasteiger partial charge in [0.25, 0.3) is 0 Å². The van der Waals surface area contributed by atoms with Crippen molar-refractivity contribution in [3.8, 4) is 0 Å². The maximum absolute atomic E-state index is 4.07. The summed E-state index contributed by atoms with van der Waals surface area (Å²) in [5.41, 5.74) is 5.27. The monoisotopic (exact) mass is 244 g/mol. The van der Waals surface area contributed by atoms with E-state index >= 15 is 0 Å². The van der Waals surface area contributed by atoms with Crippen LogP contribution in [0.2, 0.25) is 0 Å². The first-order valence-electron chi connectivity index (χ1n) is 6.67. The van der Waals surface area contributed by atoms with Crippen molar-refractivity contribution in [2.45, 2.75) is 40.2 Å². The molecule has 1 aliphatic heterocycles. The van der Waals surface area contributed by atoms with Crippen molar-refractivity contribution in [2.75, 3.05) is 7.05 Å². The first-order chi connectivity index (χ1) is 8.74. The summed E-state index contributed by atoms with van der Waals surface area (Å²) in [6.45, 7) is 8.27. The van der Waals surface area contributed by atoms with Crippen molar-refractivity contribution in [2.24, 2.45) is 4.99 Å². The minimum absolute atomic E-state index is 0.473. The Bertz CT molecular complexity index is 434. The van der Waals surface area contributed by atoms with Crippen LogP contribution in [0.4, 0.5) is 0 Å². The van der Waals surface area contributed by atoms with E-state index in [-0.39, 0.29) is 0 Å². The molecule has 2 nitrogen and oxygen atoms in total. The number of aliphatic imine (C=N–C) groups is 1. The molecule has 0 saturated heterocycles. The predicted molar refractivity (Wildman–Crippen MR) is 81.0 cm³/mol. The second kappa shape index (κ2) is 7.00. The molecule has 0 spiro atoms. The first kappa shape index (κ1) is 14.5. The van der Waals surface area contributed by atoms with Gasteiger partial charge in [-0.2, -0.15) is 0 Å². The van der Waals surface area contributed by atoms with E-state index in [0.717, 1.165) is 6.42 Å². The Hall–Kier alpha value is -1.57. The molecule has 0 aromatic carbocycles. The first-order valence-corrected chi connectivity index (χ1v) is 6.67. The van der Waals surface area contributed by atoms with Crippen molar-refractivity contribution in [1.29, 1.82) is 0 Å². The number of hydrogen-bond acceptors (Lipinski definition) is 2. The van der Waals surface area contributed by atoms with Crippen LogP contribution in [-0.4, -0.2) is 19.3 Å². The van der Waals surface area contributed by atoms with E-state index in [2.05, 4.69) is 48.6 Å². The van der Waals surface area contributed by atoms with Gasteiger partial charge in [0.1, 0.15) is 0 Å². The number of rotatable bonds is 2. The summed E-state index contributed by atoms with van der Waals surface area (Å²) in [5, 5.41) is 3.43. The molecule has 0 saturated carbocycles. The zero-order valence-corrected chi connectivity index (χ0v) is 12.1. The molecule has 1 atom stereocenters. The van der Waals surface area contributed by atoms with Gasteiger partial charge in [0.2, 0.25) is 0 Å². The van der Waals surface area contributed by atoms with Gasteiger partial charge in [-0.15, -0.1) is 0 Å². The van der Waals surface area contributed by atoms with Crippen LogP contribution >= 0.6 is 0 Å². The molecule has 0 radical (unpaired) electrons. The average molecular weight is 244 g/mol. The van der Waals surface area contributed by atoms with E-state index in [0.29, 0.717) is 6.04 Å². The molecule has 2 heteroatoms. The minimum atomic E-state index is 0.473. The Morgan fingerprint density at radius 3 is 2.78 bits per heavy atom. The topological polar surface area (TPSA) is 24.4 Å². The highest BCUT2D eigenvalue weighted by atomic mass is 14.9. The van der Waals surface area contributed by atoms with Gasteiger partial charge in [-0.05, 0) is 42.6 Å². The normalized spacial score (nSPS) is 22.4. The van der Waals surface area contributed by atoms with Gasteiger partial charge in [-0.3, -0.25) is 4.99 Å². The quantitative estimate of drug-likeness (QED) is 0.734. The molecule has 1 heterocycles. The number of nitrogens with one attached hydrogen (secondary N) is 1. The second-order valence-corrected chi connectivity index (χ2v) is 4.26. The van der Waals surface area contributed by atoms with Gasteiger partial charge in [-0.25, -0.2) is 0 Å². The molecular formula is C16H24N2. The molecular weight excluding hydrogens is 220 g/mol. The van der Waals surface area contributed by atoms with E-state index in [1.165, 1.54) is 22.3 Å². The van der Waals surface area contributed by atoms with Crippen LogP contribution in [-0.2, 0) is 0 Å². The third-order valence-electron chi connectivity index (χ3n) is 3.22. The second-order valence-electron chi connectivity index (χ2n) is 4.26. The summed E-state index contributed by atoms with van der Waals surface area (Å²) in [7, 11) is 1.81. The lowest BCUT2D eigenvalue weighted by atomic mass is 9.91. The van der Waals surface area contributed by atoms with Crippen LogP contribution < -0.4 is 5.32 Å². The summed E-state index contributed by atoms with van der Waals surface area (Å²) < 4.78 is 0. The zero-order valence-electron chi connectivity index (χ0n) is 12.1. The fourth-order valence-electron chi connectivity index (χ4n) is 2.16. The number of allylic oxidation sites excluding steroid dienone is 4. The standard InChI is InChI=1S/C14H18N2.C2H6/c1-10(8-15-3)11(2)13-9-16-14-7-5-4-6-12(13)14;1-2/h4-6,8-9,14,16H,7H2,1-3H3;1-2H3/b11-10+,15-8?;. The molecule has 18 heavy (non-hydrogen) atoms. The van der Waals surface area contributed by atoms with E-state index in [4.69, 9.17) is 0 Å². The van der Waals surface area contributed by atoms with Crippen molar-refractivity contribution in [1.82, 2.24) is 5.32 Å². The molecule has 0 aromatic heterocycles. The van der Waals surface area contributed by atoms with Crippen molar-refractivity contribution in [3.63, 3.8) is 0 Å². The summed E-state index contributed by atoms with van der Waals surface area (Å²) >= 11 is 0. The third kappa shape index (κ3) is 3.00.